The maximum absolute atomic E-state index is 13.4. The number of hydrogen-bond acceptors (Lipinski definition) is 3. The second-order valence-corrected chi connectivity index (χ2v) is 8.16. The van der Waals surface area contributed by atoms with Crippen molar-refractivity contribution in [1.82, 2.24) is 15.5 Å². The molecule has 6 nitrogen and oxygen atoms in total. The van der Waals surface area contributed by atoms with E-state index in [1.54, 1.807) is 31.1 Å². The van der Waals surface area contributed by atoms with E-state index in [0.717, 1.165) is 38.0 Å². The lowest BCUT2D eigenvalue weighted by Gasteiger charge is -2.22. The Morgan fingerprint density at radius 3 is 2.64 bits per heavy atom. The van der Waals surface area contributed by atoms with Crippen molar-refractivity contribution >= 4 is 29.2 Å². The molecule has 0 bridgehead atoms. The number of nitrogens with one attached hydrogen (secondary N) is 2. The lowest BCUT2D eigenvalue weighted by atomic mass is 10.2. The number of carbonyl (C=O) groups excluding carboxylic acids is 1. The molecule has 154 valence electrons. The van der Waals surface area contributed by atoms with Crippen LogP contribution in [-0.2, 0) is 4.79 Å². The molecule has 1 heterocycles. The van der Waals surface area contributed by atoms with Crippen molar-refractivity contribution in [3.05, 3.63) is 29.0 Å². The van der Waals surface area contributed by atoms with Crippen LogP contribution in [0.15, 0.2) is 23.2 Å². The monoisotopic (exact) mass is 409 g/mol. The number of amides is 1. The fourth-order valence-electron chi connectivity index (χ4n) is 3.67. The number of rotatable bonds is 5. The number of halogens is 2. The van der Waals surface area contributed by atoms with Crippen molar-refractivity contribution in [2.75, 3.05) is 38.6 Å². The molecule has 1 aliphatic heterocycles. The summed E-state index contributed by atoms with van der Waals surface area (Å²) < 4.78 is 13.4. The van der Waals surface area contributed by atoms with Gasteiger partial charge in [0.25, 0.3) is 0 Å². The summed E-state index contributed by atoms with van der Waals surface area (Å²) in [4.78, 5) is 20.2. The van der Waals surface area contributed by atoms with Gasteiger partial charge in [0.15, 0.2) is 5.96 Å². The van der Waals surface area contributed by atoms with E-state index in [2.05, 4.69) is 20.5 Å². The summed E-state index contributed by atoms with van der Waals surface area (Å²) in [5, 5.41) is 7.11. The first kappa shape index (κ1) is 20.7. The van der Waals surface area contributed by atoms with Gasteiger partial charge in [0.1, 0.15) is 12.4 Å². The highest BCUT2D eigenvalue weighted by atomic mass is 35.5. The van der Waals surface area contributed by atoms with Gasteiger partial charge in [-0.3, -0.25) is 4.79 Å². The topological polar surface area (TPSA) is 60.0 Å². The summed E-state index contributed by atoms with van der Waals surface area (Å²) in [5.74, 6) is 0.271. The van der Waals surface area contributed by atoms with Crippen molar-refractivity contribution in [3.63, 3.8) is 0 Å². The van der Waals surface area contributed by atoms with E-state index in [1.165, 1.54) is 18.9 Å². The van der Waals surface area contributed by atoms with Crippen LogP contribution in [0.3, 0.4) is 0 Å². The molecule has 1 aromatic rings. The van der Waals surface area contributed by atoms with Crippen molar-refractivity contribution in [2.24, 2.45) is 4.99 Å². The van der Waals surface area contributed by atoms with E-state index in [9.17, 15) is 9.18 Å². The number of benzene rings is 1. The molecule has 28 heavy (non-hydrogen) atoms. The minimum absolute atomic E-state index is 0.0264. The second-order valence-electron chi connectivity index (χ2n) is 7.75. The standard InChI is InChI=1S/C20H29ClFN5O/c1-26(2)19(28)12-23-20(24-14-5-3-4-6-14)25-15-9-10-27(13-15)16-7-8-18(22)17(21)11-16/h7-8,11,14-15H,3-6,9-10,12-13H2,1-2H3,(H2,23,24,25). The number of carbonyl (C=O) groups is 1. The smallest absolute Gasteiger partial charge is 0.243 e. The van der Waals surface area contributed by atoms with Crippen LogP contribution in [0.1, 0.15) is 32.1 Å². The molecule has 1 amide bonds. The first-order valence-corrected chi connectivity index (χ1v) is 10.3. The van der Waals surface area contributed by atoms with Crippen molar-refractivity contribution < 1.29 is 9.18 Å². The highest BCUT2D eigenvalue weighted by Crippen LogP contribution is 2.25. The van der Waals surface area contributed by atoms with Gasteiger partial charge in [0, 0.05) is 45.0 Å². The quantitative estimate of drug-likeness (QED) is 0.579. The molecule has 2 fully saturated rings. The molecule has 2 N–H and O–H groups in total. The van der Waals surface area contributed by atoms with Gasteiger partial charge in [-0.15, -0.1) is 0 Å². The van der Waals surface area contributed by atoms with Crippen LogP contribution in [0.5, 0.6) is 0 Å². The molecule has 8 heteroatoms. The molecule has 3 rings (SSSR count). The third-order valence-electron chi connectivity index (χ3n) is 5.36. The third kappa shape index (κ3) is 5.50. The van der Waals surface area contributed by atoms with Crippen LogP contribution in [-0.4, -0.2) is 62.6 Å². The van der Waals surface area contributed by atoms with Crippen molar-refractivity contribution in [2.45, 2.75) is 44.2 Å². The Balaban J connectivity index is 1.62. The van der Waals surface area contributed by atoms with Gasteiger partial charge in [0.2, 0.25) is 5.91 Å². The van der Waals surface area contributed by atoms with Crippen LogP contribution in [0.25, 0.3) is 0 Å². The lowest BCUT2D eigenvalue weighted by Crippen LogP contribution is -2.48. The SMILES string of the molecule is CN(C)C(=O)CN=C(NC1CCCC1)NC1CCN(c2ccc(F)c(Cl)c2)C1. The van der Waals surface area contributed by atoms with Gasteiger partial charge in [-0.05, 0) is 37.5 Å². The Morgan fingerprint density at radius 1 is 1.25 bits per heavy atom. The van der Waals surface area contributed by atoms with E-state index in [1.807, 2.05) is 0 Å². The molecule has 1 saturated heterocycles. The number of guanidine groups is 1. The Labute approximate surface area is 171 Å². The van der Waals surface area contributed by atoms with E-state index >= 15 is 0 Å². The normalized spacial score (nSPS) is 20.5. The van der Waals surface area contributed by atoms with Crippen LogP contribution in [0.4, 0.5) is 10.1 Å². The second kappa shape index (κ2) is 9.45. The molecule has 1 aliphatic carbocycles. The zero-order valence-corrected chi connectivity index (χ0v) is 17.3. The number of anilines is 1. The zero-order valence-electron chi connectivity index (χ0n) is 16.5. The van der Waals surface area contributed by atoms with Crippen LogP contribution < -0.4 is 15.5 Å². The molecule has 0 radical (unpaired) electrons. The number of likely N-dealkylation sites (N-methyl/N-ethyl adjacent to an activating group) is 1. The highest BCUT2D eigenvalue weighted by molar-refractivity contribution is 6.31. The molecule has 0 aromatic heterocycles. The molecule has 1 unspecified atom stereocenters. The van der Waals surface area contributed by atoms with E-state index < -0.39 is 5.82 Å². The largest absolute Gasteiger partial charge is 0.369 e. The Kier molecular flexibility index (Phi) is 6.99. The minimum Gasteiger partial charge on any atom is -0.369 e. The predicted molar refractivity (Wildman–Crippen MR) is 112 cm³/mol. The van der Waals surface area contributed by atoms with Crippen molar-refractivity contribution in [3.8, 4) is 0 Å². The summed E-state index contributed by atoms with van der Waals surface area (Å²) in [5.41, 5.74) is 0.917. The molecular weight excluding hydrogens is 381 g/mol. The maximum atomic E-state index is 13.4. The van der Waals surface area contributed by atoms with Crippen LogP contribution in [0, 0.1) is 5.82 Å². The Morgan fingerprint density at radius 2 is 1.96 bits per heavy atom. The number of aliphatic imine (C=N–C) groups is 1. The summed E-state index contributed by atoms with van der Waals surface area (Å²) in [6.07, 6.45) is 5.65. The summed E-state index contributed by atoms with van der Waals surface area (Å²) in [7, 11) is 3.47. The summed E-state index contributed by atoms with van der Waals surface area (Å²) >= 11 is 5.92. The summed E-state index contributed by atoms with van der Waals surface area (Å²) in [6.45, 7) is 1.75. The number of nitrogens with zero attached hydrogens (tertiary/aromatic N) is 3. The lowest BCUT2D eigenvalue weighted by molar-refractivity contribution is -0.127. The Bertz CT molecular complexity index is 721. The molecule has 1 aromatic carbocycles. The van der Waals surface area contributed by atoms with Crippen molar-refractivity contribution in [1.29, 1.82) is 0 Å². The molecule has 0 spiro atoms. The van der Waals surface area contributed by atoms with E-state index in [4.69, 9.17) is 11.6 Å². The maximum Gasteiger partial charge on any atom is 0.243 e. The fraction of sp³-hybridized carbons (Fsp3) is 0.600. The third-order valence-corrected chi connectivity index (χ3v) is 5.65. The summed E-state index contributed by atoms with van der Waals surface area (Å²) in [6, 6.07) is 5.44. The van der Waals surface area contributed by atoms with E-state index in [0.29, 0.717) is 12.0 Å². The minimum atomic E-state index is -0.403. The van der Waals surface area contributed by atoms with Gasteiger partial charge in [0.05, 0.1) is 5.02 Å². The fourth-order valence-corrected chi connectivity index (χ4v) is 3.85. The first-order chi connectivity index (χ1) is 13.4. The number of hydrogen-bond donors (Lipinski definition) is 2. The Hall–Kier alpha value is -2.02. The van der Waals surface area contributed by atoms with Crippen LogP contribution >= 0.6 is 11.6 Å². The zero-order chi connectivity index (χ0) is 20.1. The van der Waals surface area contributed by atoms with E-state index in [-0.39, 0.29) is 23.5 Å². The van der Waals surface area contributed by atoms with Gasteiger partial charge >= 0.3 is 0 Å². The van der Waals surface area contributed by atoms with Gasteiger partial charge in [-0.2, -0.15) is 0 Å². The average molecular weight is 410 g/mol. The molecular formula is C20H29ClFN5O. The van der Waals surface area contributed by atoms with Gasteiger partial charge in [-0.25, -0.2) is 9.38 Å². The highest BCUT2D eigenvalue weighted by Gasteiger charge is 2.25. The van der Waals surface area contributed by atoms with Gasteiger partial charge in [-0.1, -0.05) is 24.4 Å². The van der Waals surface area contributed by atoms with Crippen LogP contribution in [0.2, 0.25) is 5.02 Å². The first-order valence-electron chi connectivity index (χ1n) is 9.90. The molecule has 1 saturated carbocycles. The molecule has 2 aliphatic rings. The van der Waals surface area contributed by atoms with Gasteiger partial charge < -0.3 is 20.4 Å². The predicted octanol–water partition coefficient (Wildman–Crippen LogP) is 2.62. The molecule has 1 atom stereocenters. The average Bonchev–Trinajstić information content (AvgIpc) is 3.33.